The average molecular weight is 279 g/mol. The zero-order valence-electron chi connectivity index (χ0n) is 6.56. The predicted octanol–water partition coefficient (Wildman–Crippen LogP) is 3.73. The number of rotatable bonds is 1. The molecule has 1 nitrogen and oxygen atoms in total. The van der Waals surface area contributed by atoms with E-state index >= 15 is 0 Å². The van der Waals surface area contributed by atoms with Crippen LogP contribution < -0.4 is 4.74 Å². The summed E-state index contributed by atoms with van der Waals surface area (Å²) in [5, 5.41) is 0.703. The minimum absolute atomic E-state index is 0.703. The average Bonchev–Trinajstić information content (AvgIpc) is 2.06. The first-order chi connectivity index (χ1) is 5.74. The summed E-state index contributed by atoms with van der Waals surface area (Å²) in [4.78, 5) is 0. The van der Waals surface area contributed by atoms with Crippen molar-refractivity contribution in [1.82, 2.24) is 0 Å². The molecular weight excluding hydrogens is 272 g/mol. The van der Waals surface area contributed by atoms with E-state index < -0.39 is 15.1 Å². The van der Waals surface area contributed by atoms with Crippen molar-refractivity contribution in [3.8, 4) is 5.75 Å². The molecule has 5 heteroatoms. The third kappa shape index (κ3) is 6.08. The molecule has 0 aliphatic heterocycles. The Bertz CT molecular complexity index is 220. The van der Waals surface area contributed by atoms with Gasteiger partial charge in [0, 0.05) is 5.02 Å². The fourth-order valence-corrected chi connectivity index (χ4v) is 0.774. The Balaban J connectivity index is 0.000000354. The Labute approximate surface area is 92.6 Å². The summed E-state index contributed by atoms with van der Waals surface area (Å²) in [6, 6.07) is 7.28. The topological polar surface area (TPSA) is 9.23 Å². The minimum atomic E-state index is -0.931. The zero-order chi connectivity index (χ0) is 9.40. The summed E-state index contributed by atoms with van der Waals surface area (Å²) in [6.07, 6.45) is 0. The zero-order valence-corrected chi connectivity index (χ0v) is 11.8. The van der Waals surface area contributed by atoms with Crippen molar-refractivity contribution in [2.24, 2.45) is 0 Å². The van der Waals surface area contributed by atoms with E-state index in [-0.39, 0.29) is 0 Å². The van der Waals surface area contributed by atoms with Gasteiger partial charge in [0.05, 0.1) is 7.11 Å². The van der Waals surface area contributed by atoms with Crippen LogP contribution in [-0.4, -0.2) is 7.11 Å². The second kappa shape index (κ2) is 8.13. The van der Waals surface area contributed by atoms with Gasteiger partial charge in [-0.25, -0.2) is 0 Å². The number of hydrogen-bond donors (Lipinski definition) is 0. The van der Waals surface area contributed by atoms with Gasteiger partial charge in [-0.1, -0.05) is 17.7 Å². The molecule has 0 amide bonds. The molecule has 0 spiro atoms. The standard InChI is InChI=1S/C7H7ClO.2ClH.Zn/c1-9-7-4-2-3-6(8)5-7;;;/h2-5H,1H3;2*1H;/q;;;+2/p-2. The molecule has 0 heterocycles. The van der Waals surface area contributed by atoms with E-state index in [0.717, 1.165) is 5.75 Å². The Morgan fingerprint density at radius 3 is 2.25 bits per heavy atom. The Morgan fingerprint density at radius 1 is 1.33 bits per heavy atom. The van der Waals surface area contributed by atoms with Gasteiger partial charge < -0.3 is 4.74 Å². The number of benzene rings is 1. The molecule has 0 bridgehead atoms. The van der Waals surface area contributed by atoms with Crippen LogP contribution in [-0.2, 0) is 15.1 Å². The van der Waals surface area contributed by atoms with Gasteiger partial charge in [0.25, 0.3) is 0 Å². The maximum absolute atomic E-state index is 5.64. The molecule has 0 N–H and O–H groups in total. The van der Waals surface area contributed by atoms with Crippen LogP contribution >= 0.6 is 31.0 Å². The van der Waals surface area contributed by atoms with Crippen molar-refractivity contribution in [1.29, 1.82) is 0 Å². The van der Waals surface area contributed by atoms with Gasteiger partial charge in [0.1, 0.15) is 5.75 Å². The summed E-state index contributed by atoms with van der Waals surface area (Å²) >= 11 is 4.71. The van der Waals surface area contributed by atoms with Gasteiger partial charge in [0.15, 0.2) is 0 Å². The van der Waals surface area contributed by atoms with E-state index in [9.17, 15) is 0 Å². The Morgan fingerprint density at radius 2 is 1.92 bits per heavy atom. The molecular formula is C7H7Cl3OZn. The molecule has 0 unspecified atom stereocenters. The number of ether oxygens (including phenoxy) is 1. The molecule has 0 aromatic heterocycles. The third-order valence-electron chi connectivity index (χ3n) is 1.03. The second-order valence-electron chi connectivity index (χ2n) is 1.76. The van der Waals surface area contributed by atoms with E-state index in [2.05, 4.69) is 0 Å². The van der Waals surface area contributed by atoms with Crippen LogP contribution in [0.1, 0.15) is 0 Å². The van der Waals surface area contributed by atoms with Crippen LogP contribution in [0.2, 0.25) is 5.02 Å². The first-order valence-electron chi connectivity index (χ1n) is 3.16. The van der Waals surface area contributed by atoms with Crippen molar-refractivity contribution in [3.05, 3.63) is 29.3 Å². The summed E-state index contributed by atoms with van der Waals surface area (Å²) in [5.41, 5.74) is 0. The van der Waals surface area contributed by atoms with E-state index in [0.29, 0.717) is 5.02 Å². The van der Waals surface area contributed by atoms with Gasteiger partial charge in [-0.05, 0) is 18.2 Å². The normalized spacial score (nSPS) is 7.67. The van der Waals surface area contributed by atoms with Crippen molar-refractivity contribution in [3.63, 3.8) is 0 Å². The predicted molar refractivity (Wildman–Crippen MR) is 49.7 cm³/mol. The van der Waals surface area contributed by atoms with Crippen LogP contribution in [0.5, 0.6) is 5.75 Å². The molecule has 0 aliphatic carbocycles. The molecule has 0 atom stereocenters. The van der Waals surface area contributed by atoms with Crippen LogP contribution in [0.4, 0.5) is 0 Å². The first-order valence-corrected chi connectivity index (χ1v) is 11.3. The maximum atomic E-state index is 5.64. The molecule has 0 radical (unpaired) electrons. The SMILES string of the molecule is COc1cccc(Cl)c1.[Cl][Zn][Cl]. The molecule has 1 aromatic carbocycles. The molecule has 12 heavy (non-hydrogen) atoms. The van der Waals surface area contributed by atoms with Crippen molar-refractivity contribution in [2.75, 3.05) is 7.11 Å². The first kappa shape index (κ1) is 12.5. The van der Waals surface area contributed by atoms with Crippen LogP contribution in [0, 0.1) is 0 Å². The van der Waals surface area contributed by atoms with Crippen molar-refractivity contribution >= 4 is 31.0 Å². The summed E-state index contributed by atoms with van der Waals surface area (Å²) in [6.45, 7) is 0. The van der Waals surface area contributed by atoms with Gasteiger partial charge in [-0.3, -0.25) is 0 Å². The van der Waals surface area contributed by atoms with Gasteiger partial charge in [0.2, 0.25) is 0 Å². The van der Waals surface area contributed by atoms with Crippen LogP contribution in [0.3, 0.4) is 0 Å². The fourth-order valence-electron chi connectivity index (χ4n) is 0.594. The van der Waals surface area contributed by atoms with E-state index in [1.54, 1.807) is 13.2 Å². The molecule has 1 aromatic rings. The van der Waals surface area contributed by atoms with Crippen molar-refractivity contribution < 1.29 is 19.9 Å². The number of halogens is 3. The monoisotopic (exact) mass is 276 g/mol. The summed E-state index contributed by atoms with van der Waals surface area (Å²) in [7, 11) is 11.5. The van der Waals surface area contributed by atoms with E-state index in [4.69, 9.17) is 35.7 Å². The Kier molecular flexibility index (Phi) is 8.47. The van der Waals surface area contributed by atoms with Crippen LogP contribution in [0.15, 0.2) is 24.3 Å². The number of methoxy groups -OCH3 is 1. The fraction of sp³-hybridized carbons (Fsp3) is 0.143. The van der Waals surface area contributed by atoms with Gasteiger partial charge in [-0.15, -0.1) is 0 Å². The summed E-state index contributed by atoms with van der Waals surface area (Å²) < 4.78 is 4.91. The molecule has 1 rings (SSSR count). The van der Waals surface area contributed by atoms with E-state index in [1.807, 2.05) is 18.2 Å². The summed E-state index contributed by atoms with van der Waals surface area (Å²) in [5.74, 6) is 0.794. The number of hydrogen-bond acceptors (Lipinski definition) is 1. The van der Waals surface area contributed by atoms with Crippen LogP contribution in [0.25, 0.3) is 0 Å². The molecule has 0 saturated carbocycles. The molecule has 0 aliphatic rings. The van der Waals surface area contributed by atoms with Crippen molar-refractivity contribution in [2.45, 2.75) is 0 Å². The molecule has 0 saturated heterocycles. The van der Waals surface area contributed by atoms with E-state index in [1.165, 1.54) is 0 Å². The van der Waals surface area contributed by atoms with Gasteiger partial charge >= 0.3 is 34.5 Å². The quantitative estimate of drug-likeness (QED) is 0.712. The molecule has 64 valence electrons. The van der Waals surface area contributed by atoms with Gasteiger partial charge in [-0.2, -0.15) is 0 Å². The molecule has 0 fully saturated rings. The Hall–Kier alpha value is 0.513. The second-order valence-corrected chi connectivity index (χ2v) is 6.82. The third-order valence-corrected chi connectivity index (χ3v) is 1.27.